The number of ketones is 1. The fraction of sp³-hybridized carbons (Fsp3) is 0.400. The molecule has 2 heterocycles. The van der Waals surface area contributed by atoms with Crippen molar-refractivity contribution in [3.63, 3.8) is 0 Å². The van der Waals surface area contributed by atoms with Gasteiger partial charge in [0.2, 0.25) is 0 Å². The third-order valence-electron chi connectivity index (χ3n) is 4.83. The van der Waals surface area contributed by atoms with Gasteiger partial charge in [-0.3, -0.25) is 9.59 Å². The molecule has 1 aliphatic carbocycles. The number of carbonyl (C=O) groups is 3. The van der Waals surface area contributed by atoms with Crippen LogP contribution >= 0.6 is 11.3 Å². The van der Waals surface area contributed by atoms with Crippen molar-refractivity contribution in [3.05, 3.63) is 39.5 Å². The number of hydrogen-bond acceptors (Lipinski definition) is 6. The second-order valence-corrected chi connectivity index (χ2v) is 8.18. The molecule has 1 amide bonds. The van der Waals surface area contributed by atoms with E-state index in [1.165, 1.54) is 35.1 Å². The Bertz CT molecular complexity index is 996. The fourth-order valence-electron chi connectivity index (χ4n) is 3.28. The minimum Gasteiger partial charge on any atom is -0.451 e. The van der Waals surface area contributed by atoms with Crippen LogP contribution < -0.4 is 5.32 Å². The number of thiophene rings is 1. The summed E-state index contributed by atoms with van der Waals surface area (Å²) in [6.07, 6.45) is 4.32. The van der Waals surface area contributed by atoms with E-state index in [9.17, 15) is 19.6 Å². The van der Waals surface area contributed by atoms with Crippen molar-refractivity contribution in [2.75, 3.05) is 11.9 Å². The Kier molecular flexibility index (Phi) is 5.66. The molecule has 1 N–H and O–H groups in total. The number of aryl methyl sites for hydroxylation is 1. The van der Waals surface area contributed by atoms with Crippen molar-refractivity contribution in [1.82, 2.24) is 4.57 Å². The van der Waals surface area contributed by atoms with Crippen LogP contribution in [-0.2, 0) is 29.4 Å². The highest BCUT2D eigenvalue weighted by atomic mass is 32.1. The van der Waals surface area contributed by atoms with Gasteiger partial charge in [-0.2, -0.15) is 5.26 Å². The Balaban J connectivity index is 1.64. The number of nitrogens with zero attached hydrogens (tertiary/aromatic N) is 2. The van der Waals surface area contributed by atoms with Crippen LogP contribution in [0.25, 0.3) is 0 Å². The molecule has 8 heteroatoms. The molecule has 146 valence electrons. The van der Waals surface area contributed by atoms with E-state index in [2.05, 4.69) is 18.3 Å². The Labute approximate surface area is 166 Å². The largest absolute Gasteiger partial charge is 0.451 e. The number of fused-ring (bicyclic) bond motifs is 1. The number of nitrogens with one attached hydrogen (secondary N) is 1. The molecular formula is C20H21N3O4S. The summed E-state index contributed by atoms with van der Waals surface area (Å²) in [6, 6.07) is 3.62. The van der Waals surface area contributed by atoms with E-state index in [0.717, 1.165) is 29.7 Å². The van der Waals surface area contributed by atoms with Gasteiger partial charge in [-0.15, -0.1) is 11.3 Å². The summed E-state index contributed by atoms with van der Waals surface area (Å²) in [5, 5.41) is 12.7. The molecule has 0 unspecified atom stereocenters. The van der Waals surface area contributed by atoms with Crippen LogP contribution in [-0.4, -0.2) is 28.8 Å². The van der Waals surface area contributed by atoms with Gasteiger partial charge in [-0.05, 0) is 43.7 Å². The molecule has 28 heavy (non-hydrogen) atoms. The van der Waals surface area contributed by atoms with Gasteiger partial charge in [0, 0.05) is 23.7 Å². The van der Waals surface area contributed by atoms with E-state index in [1.807, 2.05) is 0 Å². The van der Waals surface area contributed by atoms with E-state index >= 15 is 0 Å². The van der Waals surface area contributed by atoms with E-state index in [-0.39, 0.29) is 11.5 Å². The zero-order valence-corrected chi connectivity index (χ0v) is 16.8. The minimum absolute atomic E-state index is 0.160. The van der Waals surface area contributed by atoms with Gasteiger partial charge in [0.25, 0.3) is 5.91 Å². The van der Waals surface area contributed by atoms with E-state index in [1.54, 1.807) is 7.05 Å². The number of anilines is 1. The molecular weight excluding hydrogens is 378 g/mol. The summed E-state index contributed by atoms with van der Waals surface area (Å²) in [6.45, 7) is 3.11. The van der Waals surface area contributed by atoms with Gasteiger partial charge in [0.05, 0.1) is 5.56 Å². The highest BCUT2D eigenvalue weighted by molar-refractivity contribution is 7.16. The second kappa shape index (κ2) is 7.98. The topological polar surface area (TPSA) is 101 Å². The standard InChI is InChI=1S/C20H21N3O4S/c1-11-4-5-14-15(8-21)19(28-17(14)6-11)22-18(25)10-27-20(26)16-7-13(12(2)24)9-23(16)3/h7,9,11H,4-6,10H2,1-3H3,(H,22,25)/t11-/m1/s1. The molecule has 0 saturated carbocycles. The van der Waals surface area contributed by atoms with E-state index < -0.39 is 18.5 Å². The van der Waals surface area contributed by atoms with Crippen molar-refractivity contribution in [2.45, 2.75) is 33.1 Å². The number of carbonyl (C=O) groups excluding carboxylic acids is 3. The van der Waals surface area contributed by atoms with Gasteiger partial charge >= 0.3 is 5.97 Å². The van der Waals surface area contributed by atoms with Gasteiger partial charge in [-0.1, -0.05) is 6.92 Å². The van der Waals surface area contributed by atoms with Crippen LogP contribution in [0.15, 0.2) is 12.3 Å². The van der Waals surface area contributed by atoms with Crippen molar-refractivity contribution in [2.24, 2.45) is 13.0 Å². The molecule has 0 spiro atoms. The van der Waals surface area contributed by atoms with E-state index in [0.29, 0.717) is 22.0 Å². The minimum atomic E-state index is -0.690. The van der Waals surface area contributed by atoms with Gasteiger partial charge in [0.15, 0.2) is 12.4 Å². The zero-order valence-electron chi connectivity index (χ0n) is 16.0. The van der Waals surface area contributed by atoms with Crippen LogP contribution in [0.5, 0.6) is 0 Å². The summed E-state index contributed by atoms with van der Waals surface area (Å²) >= 11 is 1.42. The zero-order chi connectivity index (χ0) is 20.4. The van der Waals surface area contributed by atoms with Gasteiger partial charge < -0.3 is 14.6 Å². The number of amides is 1. The SMILES string of the molecule is CC(=O)c1cc(C(=O)OCC(=O)Nc2sc3c(c2C#N)CC[C@@H](C)C3)n(C)c1. The monoisotopic (exact) mass is 399 g/mol. The molecule has 0 aliphatic heterocycles. The van der Waals surface area contributed by atoms with Crippen LogP contribution in [0.3, 0.4) is 0 Å². The number of ether oxygens (including phenoxy) is 1. The van der Waals surface area contributed by atoms with Crippen molar-refractivity contribution >= 4 is 34.0 Å². The maximum Gasteiger partial charge on any atom is 0.355 e. The lowest BCUT2D eigenvalue weighted by molar-refractivity contribution is -0.119. The predicted molar refractivity (Wildman–Crippen MR) is 105 cm³/mol. The molecule has 0 fully saturated rings. The Morgan fingerprint density at radius 2 is 2.18 bits per heavy atom. The highest BCUT2D eigenvalue weighted by Crippen LogP contribution is 2.39. The maximum absolute atomic E-state index is 12.2. The average Bonchev–Trinajstić information content (AvgIpc) is 3.19. The summed E-state index contributed by atoms with van der Waals surface area (Å²) in [4.78, 5) is 37.0. The third-order valence-corrected chi connectivity index (χ3v) is 6.00. The van der Waals surface area contributed by atoms with Crippen LogP contribution in [0.2, 0.25) is 0 Å². The summed E-state index contributed by atoms with van der Waals surface area (Å²) in [5.41, 5.74) is 2.13. The number of nitriles is 1. The normalized spacial score (nSPS) is 15.4. The first-order valence-corrected chi connectivity index (χ1v) is 9.80. The molecule has 7 nitrogen and oxygen atoms in total. The van der Waals surface area contributed by atoms with Gasteiger partial charge in [-0.25, -0.2) is 4.79 Å². The Morgan fingerprint density at radius 3 is 2.82 bits per heavy atom. The average molecular weight is 399 g/mol. The van der Waals surface area contributed by atoms with Crippen LogP contribution in [0.1, 0.15) is 57.1 Å². The first-order valence-electron chi connectivity index (χ1n) is 8.99. The Hall–Kier alpha value is -2.92. The highest BCUT2D eigenvalue weighted by Gasteiger charge is 2.25. The lowest BCUT2D eigenvalue weighted by Gasteiger charge is -2.17. The lowest BCUT2D eigenvalue weighted by atomic mass is 9.89. The smallest absolute Gasteiger partial charge is 0.355 e. The first kappa shape index (κ1) is 19.8. The number of esters is 1. The summed E-state index contributed by atoms with van der Waals surface area (Å²) < 4.78 is 6.55. The number of rotatable bonds is 5. The number of Topliss-reactive ketones (excluding diaryl/α,β-unsaturated/α-hetero) is 1. The molecule has 1 aliphatic rings. The van der Waals surface area contributed by atoms with Crippen LogP contribution in [0.4, 0.5) is 5.00 Å². The molecule has 0 bridgehead atoms. The Morgan fingerprint density at radius 1 is 1.43 bits per heavy atom. The number of hydrogen-bond donors (Lipinski definition) is 1. The fourth-order valence-corrected chi connectivity index (χ4v) is 4.66. The summed E-state index contributed by atoms with van der Waals surface area (Å²) in [5.74, 6) is -0.790. The van der Waals surface area contributed by atoms with Gasteiger partial charge in [0.1, 0.15) is 16.8 Å². The molecule has 3 rings (SSSR count). The van der Waals surface area contributed by atoms with Crippen molar-refractivity contribution in [3.8, 4) is 6.07 Å². The molecule has 1 atom stereocenters. The molecule has 2 aromatic heterocycles. The molecule has 0 aromatic carbocycles. The molecule has 0 radical (unpaired) electrons. The molecule has 2 aromatic rings. The van der Waals surface area contributed by atoms with Crippen molar-refractivity contribution in [1.29, 1.82) is 5.26 Å². The quantitative estimate of drug-likeness (QED) is 0.615. The number of aromatic nitrogens is 1. The maximum atomic E-state index is 12.2. The van der Waals surface area contributed by atoms with Crippen molar-refractivity contribution < 1.29 is 19.1 Å². The first-order chi connectivity index (χ1) is 13.3. The third kappa shape index (κ3) is 3.99. The molecule has 0 saturated heterocycles. The summed E-state index contributed by atoms with van der Waals surface area (Å²) in [7, 11) is 1.62. The second-order valence-electron chi connectivity index (χ2n) is 7.07. The predicted octanol–water partition coefficient (Wildman–Crippen LogP) is 3.08. The van der Waals surface area contributed by atoms with E-state index in [4.69, 9.17) is 4.74 Å². The lowest BCUT2D eigenvalue weighted by Crippen LogP contribution is -2.21. The van der Waals surface area contributed by atoms with Crippen LogP contribution in [0, 0.1) is 17.2 Å².